The Kier molecular flexibility index (Phi) is 7.48. The summed E-state index contributed by atoms with van der Waals surface area (Å²) in [4.78, 5) is 14.0. The van der Waals surface area contributed by atoms with Gasteiger partial charge in [0.1, 0.15) is 0 Å². The van der Waals surface area contributed by atoms with Gasteiger partial charge in [0.25, 0.3) is 0 Å². The number of nitrogens with zero attached hydrogens (tertiary/aromatic N) is 1. The van der Waals surface area contributed by atoms with Crippen molar-refractivity contribution in [3.05, 3.63) is 0 Å². The highest BCUT2D eigenvalue weighted by atomic mass is 16.1. The summed E-state index contributed by atoms with van der Waals surface area (Å²) in [6.07, 6.45) is 1.55. The van der Waals surface area contributed by atoms with Gasteiger partial charge in [-0.05, 0) is 52.7 Å². The quantitative estimate of drug-likeness (QED) is 0.692. The number of rotatable bonds is 8. The third-order valence-electron chi connectivity index (χ3n) is 3.54. The lowest BCUT2D eigenvalue weighted by Gasteiger charge is -2.32. The molecule has 0 saturated carbocycles. The van der Waals surface area contributed by atoms with Gasteiger partial charge in [-0.1, -0.05) is 13.8 Å². The maximum atomic E-state index is 11.9. The van der Waals surface area contributed by atoms with Crippen molar-refractivity contribution in [3.63, 3.8) is 0 Å². The fraction of sp³-hybridized carbons (Fsp3) is 0.929. The van der Waals surface area contributed by atoms with E-state index in [-0.39, 0.29) is 11.4 Å². The van der Waals surface area contributed by atoms with Crippen molar-refractivity contribution in [2.45, 2.75) is 46.1 Å². The van der Waals surface area contributed by atoms with Crippen molar-refractivity contribution in [1.82, 2.24) is 10.2 Å². The molecule has 0 spiro atoms. The van der Waals surface area contributed by atoms with Gasteiger partial charge in [-0.15, -0.1) is 0 Å². The molecule has 0 saturated heterocycles. The van der Waals surface area contributed by atoms with E-state index < -0.39 is 0 Å². The van der Waals surface area contributed by atoms with E-state index in [1.807, 2.05) is 14.1 Å². The highest BCUT2D eigenvalue weighted by Crippen LogP contribution is 2.14. The minimum atomic E-state index is -0.0219. The lowest BCUT2D eigenvalue weighted by Crippen LogP contribution is -2.48. The molecule has 1 unspecified atom stereocenters. The van der Waals surface area contributed by atoms with E-state index in [0.29, 0.717) is 31.3 Å². The summed E-state index contributed by atoms with van der Waals surface area (Å²) >= 11 is 0. The lowest BCUT2D eigenvalue weighted by atomic mass is 9.94. The average Bonchev–Trinajstić information content (AvgIpc) is 2.24. The van der Waals surface area contributed by atoms with Gasteiger partial charge in [-0.25, -0.2) is 0 Å². The van der Waals surface area contributed by atoms with Gasteiger partial charge in [-0.3, -0.25) is 4.79 Å². The molecule has 1 atom stereocenters. The molecule has 108 valence electrons. The molecule has 0 aromatic carbocycles. The number of carbonyl (C=O) groups is 1. The van der Waals surface area contributed by atoms with E-state index in [2.05, 4.69) is 37.9 Å². The third-order valence-corrected chi connectivity index (χ3v) is 3.54. The Labute approximate surface area is 112 Å². The molecule has 0 bridgehead atoms. The van der Waals surface area contributed by atoms with Gasteiger partial charge >= 0.3 is 0 Å². The summed E-state index contributed by atoms with van der Waals surface area (Å²) in [6, 6.07) is 0. The van der Waals surface area contributed by atoms with Crippen LogP contribution >= 0.6 is 0 Å². The molecule has 1 amide bonds. The molecule has 4 nitrogen and oxygen atoms in total. The van der Waals surface area contributed by atoms with E-state index in [0.717, 1.165) is 6.42 Å². The number of hydrogen-bond donors (Lipinski definition) is 2. The molecular weight excluding hydrogens is 226 g/mol. The Morgan fingerprint density at radius 1 is 1.33 bits per heavy atom. The van der Waals surface area contributed by atoms with Crippen LogP contribution in [0.3, 0.4) is 0 Å². The second-order valence-corrected chi connectivity index (χ2v) is 6.42. The van der Waals surface area contributed by atoms with Crippen LogP contribution < -0.4 is 11.1 Å². The molecule has 3 N–H and O–H groups in total. The zero-order valence-electron chi connectivity index (χ0n) is 12.9. The predicted molar refractivity (Wildman–Crippen MR) is 77.4 cm³/mol. The molecule has 0 aliphatic rings. The second kappa shape index (κ2) is 7.74. The Bertz CT molecular complexity index is 249. The molecule has 18 heavy (non-hydrogen) atoms. The van der Waals surface area contributed by atoms with Crippen LogP contribution in [-0.4, -0.2) is 43.5 Å². The fourth-order valence-electron chi connectivity index (χ4n) is 1.74. The van der Waals surface area contributed by atoms with Crippen LogP contribution in [0.15, 0.2) is 0 Å². The highest BCUT2D eigenvalue weighted by Gasteiger charge is 2.22. The minimum absolute atomic E-state index is 0.0219. The van der Waals surface area contributed by atoms with Crippen molar-refractivity contribution in [2.75, 3.05) is 27.2 Å². The molecule has 0 heterocycles. The van der Waals surface area contributed by atoms with Crippen LogP contribution in [0.2, 0.25) is 0 Å². The monoisotopic (exact) mass is 257 g/mol. The fourth-order valence-corrected chi connectivity index (χ4v) is 1.74. The van der Waals surface area contributed by atoms with Crippen molar-refractivity contribution in [3.8, 4) is 0 Å². The molecule has 0 aliphatic carbocycles. The normalized spacial score (nSPS) is 14.1. The number of carbonyl (C=O) groups excluding carboxylic acids is 1. The first kappa shape index (κ1) is 17.4. The average molecular weight is 257 g/mol. The Hall–Kier alpha value is -0.610. The molecular formula is C14H31N3O. The number of nitrogens with two attached hydrogens (primary N) is 1. The van der Waals surface area contributed by atoms with Crippen LogP contribution in [0, 0.1) is 11.8 Å². The number of amides is 1. The van der Waals surface area contributed by atoms with Crippen molar-refractivity contribution in [1.29, 1.82) is 0 Å². The maximum absolute atomic E-state index is 11.9. The zero-order chi connectivity index (χ0) is 14.3. The summed E-state index contributed by atoms with van der Waals surface area (Å²) in [7, 11) is 4.04. The third kappa shape index (κ3) is 6.97. The van der Waals surface area contributed by atoms with Crippen molar-refractivity contribution >= 4 is 5.91 Å². The molecule has 4 heteroatoms. The largest absolute Gasteiger partial charge is 0.354 e. The number of nitrogens with one attached hydrogen (secondary N) is 1. The number of hydrogen-bond acceptors (Lipinski definition) is 3. The van der Waals surface area contributed by atoms with Crippen LogP contribution in [0.25, 0.3) is 0 Å². The summed E-state index contributed by atoms with van der Waals surface area (Å²) in [5.41, 5.74) is 5.69. The summed E-state index contributed by atoms with van der Waals surface area (Å²) in [5, 5.41) is 3.01. The van der Waals surface area contributed by atoms with E-state index in [1.54, 1.807) is 0 Å². The SMILES string of the molecule is CC(C)CC(CN)CC(=O)NCC(C)(C)N(C)C. The van der Waals surface area contributed by atoms with Gasteiger partial charge in [0.15, 0.2) is 0 Å². The second-order valence-electron chi connectivity index (χ2n) is 6.42. The predicted octanol–water partition coefficient (Wildman–Crippen LogP) is 1.45. The first-order valence-corrected chi connectivity index (χ1v) is 6.83. The topological polar surface area (TPSA) is 58.4 Å². The first-order valence-electron chi connectivity index (χ1n) is 6.83. The molecule has 0 aliphatic heterocycles. The van der Waals surface area contributed by atoms with Crippen LogP contribution in [0.4, 0.5) is 0 Å². The summed E-state index contributed by atoms with van der Waals surface area (Å²) in [5.74, 6) is 0.998. The van der Waals surface area contributed by atoms with Gasteiger partial charge in [-0.2, -0.15) is 0 Å². The van der Waals surface area contributed by atoms with Crippen molar-refractivity contribution < 1.29 is 4.79 Å². The van der Waals surface area contributed by atoms with E-state index in [1.165, 1.54) is 0 Å². The molecule has 0 aromatic heterocycles. The van der Waals surface area contributed by atoms with E-state index in [4.69, 9.17) is 5.73 Å². The Morgan fingerprint density at radius 3 is 2.28 bits per heavy atom. The van der Waals surface area contributed by atoms with Gasteiger partial charge in [0.05, 0.1) is 0 Å². The Balaban J connectivity index is 4.10. The highest BCUT2D eigenvalue weighted by molar-refractivity contribution is 5.76. The summed E-state index contributed by atoms with van der Waals surface area (Å²) < 4.78 is 0. The standard InChI is InChI=1S/C14H31N3O/c1-11(2)7-12(9-15)8-13(18)16-10-14(3,4)17(5)6/h11-12H,7-10,15H2,1-6H3,(H,16,18). The van der Waals surface area contributed by atoms with Gasteiger partial charge in [0.2, 0.25) is 5.91 Å². The van der Waals surface area contributed by atoms with Crippen LogP contribution in [-0.2, 0) is 4.79 Å². The van der Waals surface area contributed by atoms with Gasteiger partial charge < -0.3 is 16.0 Å². The smallest absolute Gasteiger partial charge is 0.220 e. The molecule has 0 rings (SSSR count). The minimum Gasteiger partial charge on any atom is -0.354 e. The van der Waals surface area contributed by atoms with Crippen LogP contribution in [0.1, 0.15) is 40.5 Å². The molecule has 0 aromatic rings. The van der Waals surface area contributed by atoms with E-state index in [9.17, 15) is 4.79 Å². The van der Waals surface area contributed by atoms with Crippen molar-refractivity contribution in [2.24, 2.45) is 17.6 Å². The first-order chi connectivity index (χ1) is 8.19. The lowest BCUT2D eigenvalue weighted by molar-refractivity contribution is -0.122. The maximum Gasteiger partial charge on any atom is 0.220 e. The number of likely N-dealkylation sites (N-methyl/N-ethyl adjacent to an activating group) is 1. The van der Waals surface area contributed by atoms with E-state index >= 15 is 0 Å². The molecule has 0 fully saturated rings. The summed E-state index contributed by atoms with van der Waals surface area (Å²) in [6.45, 7) is 9.80. The Morgan fingerprint density at radius 2 is 1.89 bits per heavy atom. The zero-order valence-corrected chi connectivity index (χ0v) is 12.9. The molecule has 0 radical (unpaired) electrons. The van der Waals surface area contributed by atoms with Gasteiger partial charge in [0, 0.05) is 18.5 Å². The van der Waals surface area contributed by atoms with Crippen LogP contribution in [0.5, 0.6) is 0 Å².